The number of hydrogen-bond acceptors (Lipinski definition) is 3. The second-order valence-corrected chi connectivity index (χ2v) is 6.56. The first-order valence-electron chi connectivity index (χ1n) is 7.99. The van der Waals surface area contributed by atoms with Crippen LogP contribution in [0.3, 0.4) is 0 Å². The van der Waals surface area contributed by atoms with Gasteiger partial charge in [-0.15, -0.1) is 0 Å². The Balaban J connectivity index is 1.79. The van der Waals surface area contributed by atoms with E-state index in [0.717, 1.165) is 26.2 Å². The molecule has 0 aromatic heterocycles. The molecule has 2 aliphatic heterocycles. The summed E-state index contributed by atoms with van der Waals surface area (Å²) in [7, 11) is 0. The number of hydrogen-bond donors (Lipinski definition) is 2. The Hall–Kier alpha value is -1.06. The number of rotatable bonds is 3. The highest BCUT2D eigenvalue weighted by molar-refractivity contribution is 5.62. The third-order valence-electron chi connectivity index (χ3n) is 5.16. The van der Waals surface area contributed by atoms with E-state index < -0.39 is 0 Å². The fraction of sp³-hybridized carbons (Fsp3) is 0.647. The van der Waals surface area contributed by atoms with Crippen LogP contribution in [0.15, 0.2) is 18.2 Å². The van der Waals surface area contributed by atoms with E-state index in [2.05, 4.69) is 54.7 Å². The Morgan fingerprint density at radius 3 is 3.05 bits per heavy atom. The van der Waals surface area contributed by atoms with Crippen molar-refractivity contribution in [3.8, 4) is 0 Å². The molecule has 2 heterocycles. The number of anilines is 1. The van der Waals surface area contributed by atoms with Crippen molar-refractivity contribution in [1.82, 2.24) is 10.4 Å². The topological polar surface area (TPSA) is 27.3 Å². The van der Waals surface area contributed by atoms with E-state index >= 15 is 0 Å². The third-order valence-corrected chi connectivity index (χ3v) is 5.16. The van der Waals surface area contributed by atoms with Gasteiger partial charge in [-0.2, -0.15) is 0 Å². The van der Waals surface area contributed by atoms with Crippen molar-refractivity contribution in [2.24, 2.45) is 5.92 Å². The molecule has 3 rings (SSSR count). The smallest absolute Gasteiger partial charge is 0.0382 e. The zero-order valence-electron chi connectivity index (χ0n) is 13.0. The summed E-state index contributed by atoms with van der Waals surface area (Å²) in [5.74, 6) is 0.678. The molecule has 0 saturated carbocycles. The number of piperidine rings is 1. The van der Waals surface area contributed by atoms with Gasteiger partial charge in [0.25, 0.3) is 0 Å². The van der Waals surface area contributed by atoms with Gasteiger partial charge in [0.15, 0.2) is 0 Å². The number of fused-ring (bicyclic) bond motifs is 2. The summed E-state index contributed by atoms with van der Waals surface area (Å²) in [6, 6.07) is 6.93. The van der Waals surface area contributed by atoms with Crippen LogP contribution in [0, 0.1) is 12.8 Å². The molecule has 110 valence electrons. The molecule has 0 amide bonds. The van der Waals surface area contributed by atoms with E-state index in [0.29, 0.717) is 11.3 Å². The maximum Gasteiger partial charge on any atom is 0.0382 e. The maximum atomic E-state index is 3.65. The SMILES string of the molecule is CCCNN1CC[C@]2(CNc3cc(C)ccc32)[C@H](C)C1. The Labute approximate surface area is 122 Å². The highest BCUT2D eigenvalue weighted by Gasteiger charge is 2.46. The predicted octanol–water partition coefficient (Wildman–Crippen LogP) is 2.91. The number of hydrazine groups is 1. The zero-order valence-corrected chi connectivity index (χ0v) is 13.0. The number of benzene rings is 1. The van der Waals surface area contributed by atoms with Gasteiger partial charge in [0, 0.05) is 37.3 Å². The van der Waals surface area contributed by atoms with Gasteiger partial charge in [-0.05, 0) is 42.9 Å². The summed E-state index contributed by atoms with van der Waals surface area (Å²) < 4.78 is 0. The van der Waals surface area contributed by atoms with E-state index in [4.69, 9.17) is 0 Å². The molecule has 2 aliphatic rings. The molecule has 3 heteroatoms. The molecule has 1 fully saturated rings. The molecule has 1 saturated heterocycles. The lowest BCUT2D eigenvalue weighted by Crippen LogP contribution is -2.54. The predicted molar refractivity (Wildman–Crippen MR) is 85.0 cm³/mol. The summed E-state index contributed by atoms with van der Waals surface area (Å²) in [5, 5.41) is 6.07. The molecule has 2 N–H and O–H groups in total. The number of aryl methyl sites for hydroxylation is 1. The molecule has 0 radical (unpaired) electrons. The Morgan fingerprint density at radius 2 is 2.30 bits per heavy atom. The van der Waals surface area contributed by atoms with Gasteiger partial charge in [-0.1, -0.05) is 26.0 Å². The average molecular weight is 273 g/mol. The van der Waals surface area contributed by atoms with Gasteiger partial charge >= 0.3 is 0 Å². The molecule has 0 bridgehead atoms. The Bertz CT molecular complexity index is 485. The Morgan fingerprint density at radius 1 is 1.45 bits per heavy atom. The van der Waals surface area contributed by atoms with Crippen molar-refractivity contribution in [3.05, 3.63) is 29.3 Å². The van der Waals surface area contributed by atoms with Gasteiger partial charge in [0.1, 0.15) is 0 Å². The van der Waals surface area contributed by atoms with Gasteiger partial charge < -0.3 is 5.32 Å². The minimum absolute atomic E-state index is 0.341. The third kappa shape index (κ3) is 2.23. The maximum absolute atomic E-state index is 3.65. The molecule has 1 spiro atoms. The summed E-state index contributed by atoms with van der Waals surface area (Å²) in [4.78, 5) is 0. The first-order valence-corrected chi connectivity index (χ1v) is 7.99. The molecule has 0 unspecified atom stereocenters. The quantitative estimate of drug-likeness (QED) is 0.886. The molecule has 20 heavy (non-hydrogen) atoms. The van der Waals surface area contributed by atoms with Crippen LogP contribution in [0.1, 0.15) is 37.8 Å². The van der Waals surface area contributed by atoms with Gasteiger partial charge in [-0.3, -0.25) is 5.43 Å². The lowest BCUT2D eigenvalue weighted by atomic mass is 9.68. The second-order valence-electron chi connectivity index (χ2n) is 6.56. The van der Waals surface area contributed by atoms with E-state index in [9.17, 15) is 0 Å². The van der Waals surface area contributed by atoms with Gasteiger partial charge in [0.05, 0.1) is 0 Å². The first kappa shape index (κ1) is 13.9. The van der Waals surface area contributed by atoms with Crippen molar-refractivity contribution >= 4 is 5.69 Å². The fourth-order valence-electron chi connectivity index (χ4n) is 3.84. The summed E-state index contributed by atoms with van der Waals surface area (Å²) >= 11 is 0. The van der Waals surface area contributed by atoms with E-state index in [-0.39, 0.29) is 0 Å². The summed E-state index contributed by atoms with van der Waals surface area (Å²) in [6.45, 7) is 11.3. The van der Waals surface area contributed by atoms with Crippen LogP contribution in [0.4, 0.5) is 5.69 Å². The molecular weight excluding hydrogens is 246 g/mol. The normalized spacial score (nSPS) is 29.4. The molecular formula is C17H27N3. The van der Waals surface area contributed by atoms with Crippen LogP contribution < -0.4 is 10.7 Å². The van der Waals surface area contributed by atoms with Crippen LogP contribution >= 0.6 is 0 Å². The average Bonchev–Trinajstić information content (AvgIpc) is 2.79. The largest absolute Gasteiger partial charge is 0.384 e. The van der Waals surface area contributed by atoms with E-state index in [1.807, 2.05) is 0 Å². The molecule has 0 aliphatic carbocycles. The van der Waals surface area contributed by atoms with Crippen LogP contribution in [0.25, 0.3) is 0 Å². The van der Waals surface area contributed by atoms with Crippen LogP contribution in [-0.4, -0.2) is 31.2 Å². The van der Waals surface area contributed by atoms with Crippen LogP contribution in [0.2, 0.25) is 0 Å². The monoisotopic (exact) mass is 273 g/mol. The van der Waals surface area contributed by atoms with Crippen LogP contribution in [0.5, 0.6) is 0 Å². The minimum Gasteiger partial charge on any atom is -0.384 e. The van der Waals surface area contributed by atoms with Crippen molar-refractivity contribution in [2.45, 2.75) is 39.0 Å². The molecule has 1 aromatic rings. The van der Waals surface area contributed by atoms with Crippen molar-refractivity contribution in [2.75, 3.05) is 31.5 Å². The molecule has 2 atom stereocenters. The minimum atomic E-state index is 0.341. The summed E-state index contributed by atoms with van der Waals surface area (Å²) in [5.41, 5.74) is 8.16. The number of nitrogens with one attached hydrogen (secondary N) is 2. The van der Waals surface area contributed by atoms with Crippen molar-refractivity contribution in [3.63, 3.8) is 0 Å². The first-order chi connectivity index (χ1) is 9.65. The van der Waals surface area contributed by atoms with Crippen molar-refractivity contribution in [1.29, 1.82) is 0 Å². The lowest BCUT2D eigenvalue weighted by molar-refractivity contribution is 0.0688. The number of nitrogens with zero attached hydrogens (tertiary/aromatic N) is 1. The molecule has 3 nitrogen and oxygen atoms in total. The van der Waals surface area contributed by atoms with Crippen molar-refractivity contribution < 1.29 is 0 Å². The highest BCUT2D eigenvalue weighted by Crippen LogP contribution is 2.46. The fourth-order valence-corrected chi connectivity index (χ4v) is 3.84. The second kappa shape index (κ2) is 5.38. The van der Waals surface area contributed by atoms with Gasteiger partial charge in [-0.25, -0.2) is 5.01 Å². The Kier molecular flexibility index (Phi) is 3.74. The van der Waals surface area contributed by atoms with E-state index in [1.165, 1.54) is 24.1 Å². The van der Waals surface area contributed by atoms with E-state index in [1.54, 1.807) is 5.56 Å². The van der Waals surface area contributed by atoms with Crippen LogP contribution in [-0.2, 0) is 5.41 Å². The lowest BCUT2D eigenvalue weighted by Gasteiger charge is -2.44. The zero-order chi connectivity index (χ0) is 14.2. The molecule has 1 aromatic carbocycles. The standard InChI is InChI=1S/C17H27N3/c1-4-8-19-20-9-7-17(14(3)11-20)12-18-16-10-13(2)5-6-15(16)17/h5-6,10,14,18-19H,4,7-9,11-12H2,1-3H3/t14-,17+/m1/s1. The highest BCUT2D eigenvalue weighted by atomic mass is 15.5. The van der Waals surface area contributed by atoms with Gasteiger partial charge in [0.2, 0.25) is 0 Å². The summed E-state index contributed by atoms with van der Waals surface area (Å²) in [6.07, 6.45) is 2.44.